The van der Waals surface area contributed by atoms with Gasteiger partial charge < -0.3 is 18.9 Å². The van der Waals surface area contributed by atoms with Crippen molar-refractivity contribution in [3.8, 4) is 0 Å². The molecule has 0 saturated carbocycles. The van der Waals surface area contributed by atoms with E-state index < -0.39 is 26.5 Å². The van der Waals surface area contributed by atoms with E-state index in [1.807, 2.05) is 21.1 Å². The highest BCUT2D eigenvalue weighted by Crippen LogP contribution is 2.43. The largest absolute Gasteiger partial charge is 0.472 e. The molecule has 84 heavy (non-hydrogen) atoms. The molecule has 0 fully saturated rings. The Balaban J connectivity index is 4.11. The zero-order chi connectivity index (χ0) is 61.2. The fourth-order valence-corrected chi connectivity index (χ4v) is 9.53. The van der Waals surface area contributed by atoms with Crippen molar-refractivity contribution in [3.05, 3.63) is 146 Å². The number of unbranched alkanes of at least 4 members (excludes halogenated alkanes) is 22. The van der Waals surface area contributed by atoms with Crippen molar-refractivity contribution in [2.45, 2.75) is 264 Å². The van der Waals surface area contributed by atoms with Crippen molar-refractivity contribution >= 4 is 19.8 Å². The summed E-state index contributed by atoms with van der Waals surface area (Å²) in [6, 6.07) is 0. The number of hydrogen-bond donors (Lipinski definition) is 1. The summed E-state index contributed by atoms with van der Waals surface area (Å²) >= 11 is 0. The van der Waals surface area contributed by atoms with Crippen molar-refractivity contribution in [2.75, 3.05) is 47.5 Å². The number of esters is 2. The van der Waals surface area contributed by atoms with E-state index in [9.17, 15) is 19.0 Å². The Morgan fingerprint density at radius 2 is 0.643 bits per heavy atom. The Morgan fingerprint density at radius 3 is 0.952 bits per heavy atom. The topological polar surface area (TPSA) is 108 Å². The van der Waals surface area contributed by atoms with Gasteiger partial charge in [-0.15, -0.1) is 0 Å². The van der Waals surface area contributed by atoms with Crippen molar-refractivity contribution in [1.29, 1.82) is 0 Å². The van der Waals surface area contributed by atoms with Gasteiger partial charge in [-0.3, -0.25) is 18.6 Å². The number of phosphoric acid groups is 1. The van der Waals surface area contributed by atoms with Gasteiger partial charge in [0, 0.05) is 12.8 Å². The van der Waals surface area contributed by atoms with Gasteiger partial charge in [0.15, 0.2) is 6.10 Å². The van der Waals surface area contributed by atoms with Crippen LogP contribution in [0.1, 0.15) is 258 Å². The normalized spacial score (nSPS) is 14.1. The Morgan fingerprint density at radius 1 is 0.369 bits per heavy atom. The second kappa shape index (κ2) is 63.4. The molecule has 0 radical (unpaired) electrons. The van der Waals surface area contributed by atoms with Crippen molar-refractivity contribution in [3.63, 3.8) is 0 Å². The summed E-state index contributed by atoms with van der Waals surface area (Å²) in [5, 5.41) is 0. The van der Waals surface area contributed by atoms with Crippen molar-refractivity contribution in [2.24, 2.45) is 0 Å². The summed E-state index contributed by atoms with van der Waals surface area (Å²) in [5.74, 6) is -0.818. The van der Waals surface area contributed by atoms with Crippen molar-refractivity contribution < 1.29 is 42.1 Å². The summed E-state index contributed by atoms with van der Waals surface area (Å²) in [6.45, 7) is 4.19. The standard InChI is InChI=1S/C74H124NO8P/c1-6-8-10-12-14-16-18-20-22-24-26-28-30-32-33-34-35-36-37-38-39-40-41-43-45-47-49-51-53-55-57-59-61-63-65-67-74(77)83-72(71-82-84(78,79)81-69-68-75(3,4)5)70-80-73(76)66-64-62-60-58-56-54-52-50-48-46-44-42-31-29-27-25-23-21-19-17-15-13-11-9-7-2/h8-11,14-17,20-23,26-29,32-33,35-36,42,44,48,50,72H,6-7,12-13,18-19,24-25,30-31,34,37-41,43,45-47,49,51-71H2,1-5H3/p+1/b10-8-,11-9-,16-14-,17-15-,22-20-,23-21-,28-26-,29-27-,33-32-,36-35-,44-42-,50-48-. The number of ether oxygens (including phenoxy) is 2. The minimum absolute atomic E-state index is 0.0225. The van der Waals surface area contributed by atoms with E-state index in [1.54, 1.807) is 0 Å². The molecular formula is C74H125NO8P+. The van der Waals surface area contributed by atoms with Crippen LogP contribution in [0.2, 0.25) is 0 Å². The second-order valence-corrected chi connectivity index (χ2v) is 24.5. The maximum atomic E-state index is 12.9. The molecule has 0 bridgehead atoms. The number of quaternary nitrogens is 1. The van der Waals surface area contributed by atoms with Gasteiger partial charge in [-0.25, -0.2) is 4.57 Å². The number of rotatable bonds is 60. The van der Waals surface area contributed by atoms with E-state index in [0.717, 1.165) is 135 Å². The summed E-state index contributed by atoms with van der Waals surface area (Å²) in [7, 11) is 1.45. The van der Waals surface area contributed by atoms with E-state index in [-0.39, 0.29) is 32.0 Å². The van der Waals surface area contributed by atoms with Crippen LogP contribution >= 0.6 is 7.82 Å². The van der Waals surface area contributed by atoms with Crippen molar-refractivity contribution in [1.82, 2.24) is 0 Å². The zero-order valence-electron chi connectivity index (χ0n) is 54.3. The number of phosphoric ester groups is 1. The molecule has 0 aliphatic rings. The first-order valence-electron chi connectivity index (χ1n) is 33.6. The third-order valence-corrected chi connectivity index (χ3v) is 14.8. The molecule has 0 aliphatic heterocycles. The number of hydrogen-bond acceptors (Lipinski definition) is 7. The van der Waals surface area contributed by atoms with E-state index in [4.69, 9.17) is 18.5 Å². The number of allylic oxidation sites excluding steroid dienone is 24. The fraction of sp³-hybridized carbons (Fsp3) is 0.649. The van der Waals surface area contributed by atoms with Gasteiger partial charge in [0.05, 0.1) is 27.7 Å². The smallest absolute Gasteiger partial charge is 0.462 e. The minimum atomic E-state index is -4.40. The van der Waals surface area contributed by atoms with E-state index >= 15 is 0 Å². The van der Waals surface area contributed by atoms with Gasteiger partial charge in [-0.05, 0) is 116 Å². The molecule has 0 aromatic heterocycles. The number of carbonyl (C=O) groups is 2. The van der Waals surface area contributed by atoms with E-state index in [1.165, 1.54) is 83.5 Å². The lowest BCUT2D eigenvalue weighted by atomic mass is 10.0. The molecule has 1 N–H and O–H groups in total. The third-order valence-electron chi connectivity index (χ3n) is 13.9. The maximum Gasteiger partial charge on any atom is 0.472 e. The number of carbonyl (C=O) groups excluding carboxylic acids is 2. The van der Waals surface area contributed by atoms with Gasteiger partial charge in [0.1, 0.15) is 19.8 Å². The fourth-order valence-electron chi connectivity index (χ4n) is 8.79. The molecule has 2 unspecified atom stereocenters. The van der Waals surface area contributed by atoms with Gasteiger partial charge in [0.25, 0.3) is 0 Å². The lowest BCUT2D eigenvalue weighted by Gasteiger charge is -2.24. The molecule has 0 saturated heterocycles. The molecule has 10 heteroatoms. The summed E-state index contributed by atoms with van der Waals surface area (Å²) in [4.78, 5) is 35.8. The molecule has 478 valence electrons. The van der Waals surface area contributed by atoms with Gasteiger partial charge >= 0.3 is 19.8 Å². The highest BCUT2D eigenvalue weighted by Gasteiger charge is 2.27. The average Bonchev–Trinajstić information content (AvgIpc) is 3.61. The van der Waals surface area contributed by atoms with Crippen LogP contribution in [0.4, 0.5) is 0 Å². The summed E-state index contributed by atoms with van der Waals surface area (Å²) < 4.78 is 34.7. The first kappa shape index (κ1) is 79.9. The van der Waals surface area contributed by atoms with Crippen LogP contribution in [0.25, 0.3) is 0 Å². The lowest BCUT2D eigenvalue weighted by molar-refractivity contribution is -0.870. The van der Waals surface area contributed by atoms with Crippen LogP contribution in [-0.2, 0) is 32.7 Å². The quantitative estimate of drug-likeness (QED) is 0.0211. The summed E-state index contributed by atoms with van der Waals surface area (Å²) in [5.41, 5.74) is 0. The molecular weight excluding hydrogens is 1060 g/mol. The molecule has 0 aromatic carbocycles. The predicted octanol–water partition coefficient (Wildman–Crippen LogP) is 21.8. The lowest BCUT2D eigenvalue weighted by Crippen LogP contribution is -2.37. The zero-order valence-corrected chi connectivity index (χ0v) is 55.2. The third kappa shape index (κ3) is 67.0. The molecule has 9 nitrogen and oxygen atoms in total. The highest BCUT2D eigenvalue weighted by atomic mass is 31.2. The monoisotopic (exact) mass is 1190 g/mol. The molecule has 0 heterocycles. The maximum absolute atomic E-state index is 12.9. The molecule has 0 rings (SSSR count). The van der Waals surface area contributed by atoms with Gasteiger partial charge in [-0.2, -0.15) is 0 Å². The minimum Gasteiger partial charge on any atom is -0.462 e. The van der Waals surface area contributed by atoms with Crippen LogP contribution < -0.4 is 0 Å². The van der Waals surface area contributed by atoms with Crippen LogP contribution in [0.15, 0.2) is 146 Å². The predicted molar refractivity (Wildman–Crippen MR) is 362 cm³/mol. The van der Waals surface area contributed by atoms with Crippen LogP contribution in [-0.4, -0.2) is 74.9 Å². The number of likely N-dealkylation sites (N-methyl/N-ethyl adjacent to an activating group) is 1. The molecule has 0 spiro atoms. The van der Waals surface area contributed by atoms with Gasteiger partial charge in [0.2, 0.25) is 0 Å². The average molecular weight is 1190 g/mol. The molecule has 0 aromatic rings. The van der Waals surface area contributed by atoms with Crippen LogP contribution in [0.5, 0.6) is 0 Å². The molecule has 0 amide bonds. The number of nitrogens with zero attached hydrogens (tertiary/aromatic N) is 1. The van der Waals surface area contributed by atoms with Gasteiger partial charge in [-0.1, -0.05) is 275 Å². The van der Waals surface area contributed by atoms with E-state index in [0.29, 0.717) is 23.9 Å². The van der Waals surface area contributed by atoms with E-state index in [2.05, 4.69) is 160 Å². The molecule has 2 atom stereocenters. The SMILES string of the molecule is CC/C=C\C/C=C\C/C=C\C/C=C\C/C=C\C/C=C\CCCCCCCCCCCCCCCCCCC(=O)OC(COC(=O)CCCCCCCC/C=C\C/C=C\C/C=C\C/C=C\C/C=C\C/C=C\CC)COP(=O)(O)OCC[N+](C)(C)C. The second-order valence-electron chi connectivity index (χ2n) is 23.1. The Labute approximate surface area is 516 Å². The Bertz CT molecular complexity index is 1930. The molecule has 0 aliphatic carbocycles. The summed E-state index contributed by atoms with van der Waals surface area (Å²) in [6.07, 6.45) is 93.6. The Hall–Kier alpha value is -4.11. The first-order valence-corrected chi connectivity index (χ1v) is 35.1. The first-order chi connectivity index (χ1) is 41.0. The highest BCUT2D eigenvalue weighted by molar-refractivity contribution is 7.47. The van der Waals surface area contributed by atoms with Crippen LogP contribution in [0.3, 0.4) is 0 Å². The van der Waals surface area contributed by atoms with Crippen LogP contribution in [0, 0.1) is 0 Å². The Kier molecular flexibility index (Phi) is 60.3.